The summed E-state index contributed by atoms with van der Waals surface area (Å²) in [5.74, 6) is -1.77. The molecule has 3 saturated heterocycles. The number of aliphatic hydroxyl groups is 1. The van der Waals surface area contributed by atoms with Crippen molar-refractivity contribution in [1.82, 2.24) is 4.98 Å². The molecule has 2 aromatic carbocycles. The molecule has 1 N–H and O–H groups in total. The Bertz CT molecular complexity index is 1250. The lowest BCUT2D eigenvalue weighted by Gasteiger charge is -2.58. The van der Waals surface area contributed by atoms with E-state index in [9.17, 15) is 18.3 Å². The summed E-state index contributed by atoms with van der Waals surface area (Å²) in [7, 11) is 1.59. The van der Waals surface area contributed by atoms with Gasteiger partial charge in [-0.3, -0.25) is 4.98 Å². The molecule has 0 radical (unpaired) electrons. The van der Waals surface area contributed by atoms with Crippen LogP contribution in [0.15, 0.2) is 55.3 Å². The Morgan fingerprint density at radius 2 is 1.97 bits per heavy atom. The number of piperidine rings is 3. The molecule has 4 nitrogen and oxygen atoms in total. The van der Waals surface area contributed by atoms with E-state index >= 15 is 0 Å². The third kappa shape index (κ3) is 3.77. The first-order valence-corrected chi connectivity index (χ1v) is 11.6. The zero-order valence-corrected chi connectivity index (χ0v) is 19.1. The number of quaternary nitrogens is 1. The number of rotatable bonds is 6. The fraction of sp³-hybridized carbons (Fsp3) is 0.370. The van der Waals surface area contributed by atoms with Crippen molar-refractivity contribution in [1.29, 1.82) is 0 Å². The summed E-state index contributed by atoms with van der Waals surface area (Å²) in [5, 5.41) is 12.6. The number of benzene rings is 2. The van der Waals surface area contributed by atoms with Crippen LogP contribution in [0.1, 0.15) is 30.1 Å². The first-order valence-electron chi connectivity index (χ1n) is 11.6. The normalized spacial score (nSPS) is 27.0. The van der Waals surface area contributed by atoms with Gasteiger partial charge >= 0.3 is 0 Å². The van der Waals surface area contributed by atoms with Gasteiger partial charge in [0.1, 0.15) is 30.3 Å². The number of ether oxygens (including phenoxy) is 1. The summed E-state index contributed by atoms with van der Waals surface area (Å²) in [6.45, 7) is 5.56. The van der Waals surface area contributed by atoms with Crippen molar-refractivity contribution < 1.29 is 27.5 Å². The van der Waals surface area contributed by atoms with Gasteiger partial charge in [0.05, 0.1) is 25.7 Å². The van der Waals surface area contributed by atoms with Crippen LogP contribution in [0.2, 0.25) is 0 Å². The first-order chi connectivity index (χ1) is 16.3. The van der Waals surface area contributed by atoms with Crippen molar-refractivity contribution in [2.45, 2.75) is 31.5 Å². The Kier molecular flexibility index (Phi) is 5.86. The number of aromatic nitrogens is 1. The Morgan fingerprint density at radius 3 is 2.74 bits per heavy atom. The van der Waals surface area contributed by atoms with Gasteiger partial charge in [-0.25, -0.2) is 13.2 Å². The summed E-state index contributed by atoms with van der Waals surface area (Å²) < 4.78 is 48.1. The molecule has 3 fully saturated rings. The molecule has 4 heterocycles. The highest BCUT2D eigenvalue weighted by atomic mass is 19.2. The minimum Gasteiger partial charge on any atom is -0.497 e. The number of hydrogen-bond donors (Lipinski definition) is 1. The van der Waals surface area contributed by atoms with Gasteiger partial charge in [-0.1, -0.05) is 6.08 Å². The fourth-order valence-corrected chi connectivity index (χ4v) is 6.14. The average molecular weight is 470 g/mol. The molecule has 3 aliphatic rings. The molecule has 1 unspecified atom stereocenters. The standard InChI is InChI=1S/C27H28F3N2O2/c1-3-16-14-32(15-18-10-23(29)24(30)13-22(18)28)9-7-17(16)11-26(32)27(33)20-6-8-31-25-5-4-19(34-2)12-21(20)25/h3-6,8,10,12-13,16-17,26-27,33H,1,7,9,11,14-15H2,2H3/q+1/t16-,17-,26+,27-,32?/m0/s1. The van der Waals surface area contributed by atoms with Gasteiger partial charge < -0.3 is 14.3 Å². The van der Waals surface area contributed by atoms with Crippen molar-refractivity contribution >= 4 is 10.9 Å². The van der Waals surface area contributed by atoms with Gasteiger partial charge in [0.2, 0.25) is 0 Å². The maximum Gasteiger partial charge on any atom is 0.161 e. The Balaban J connectivity index is 1.58. The summed E-state index contributed by atoms with van der Waals surface area (Å²) in [6, 6.07) is 8.69. The predicted octanol–water partition coefficient (Wildman–Crippen LogP) is 5.31. The van der Waals surface area contributed by atoms with Crippen LogP contribution in [0, 0.1) is 29.3 Å². The number of halogens is 3. The molecular weight excluding hydrogens is 441 g/mol. The van der Waals surface area contributed by atoms with Crippen LogP contribution in [-0.4, -0.2) is 40.8 Å². The zero-order chi connectivity index (χ0) is 24.0. The molecule has 3 aliphatic heterocycles. The minimum atomic E-state index is -1.20. The average Bonchev–Trinajstić information content (AvgIpc) is 2.86. The predicted molar refractivity (Wildman–Crippen MR) is 123 cm³/mol. The minimum absolute atomic E-state index is 0.125. The molecule has 0 spiro atoms. The van der Waals surface area contributed by atoms with Crippen molar-refractivity contribution in [3.05, 3.63) is 83.8 Å². The number of fused-ring (bicyclic) bond motifs is 4. The van der Waals surface area contributed by atoms with Gasteiger partial charge in [-0.15, -0.1) is 6.58 Å². The molecule has 5 atom stereocenters. The Morgan fingerprint density at radius 1 is 1.18 bits per heavy atom. The first kappa shape index (κ1) is 22.9. The number of pyridine rings is 1. The van der Waals surface area contributed by atoms with E-state index in [4.69, 9.17) is 4.74 Å². The molecule has 178 valence electrons. The van der Waals surface area contributed by atoms with E-state index in [0.29, 0.717) is 28.8 Å². The molecule has 2 bridgehead atoms. The molecule has 0 aliphatic carbocycles. The number of hydrogen-bond acceptors (Lipinski definition) is 3. The van der Waals surface area contributed by atoms with Crippen molar-refractivity contribution in [3.63, 3.8) is 0 Å². The van der Waals surface area contributed by atoms with Crippen LogP contribution in [-0.2, 0) is 6.54 Å². The second-order valence-electron chi connectivity index (χ2n) is 9.62. The van der Waals surface area contributed by atoms with Crippen LogP contribution in [0.3, 0.4) is 0 Å². The topological polar surface area (TPSA) is 42.4 Å². The van der Waals surface area contributed by atoms with Crippen molar-refractivity contribution in [3.8, 4) is 5.75 Å². The summed E-state index contributed by atoms with van der Waals surface area (Å²) in [4.78, 5) is 4.42. The van der Waals surface area contributed by atoms with Crippen LogP contribution in [0.25, 0.3) is 10.9 Å². The molecule has 0 amide bonds. The smallest absolute Gasteiger partial charge is 0.161 e. The van der Waals surface area contributed by atoms with E-state index in [2.05, 4.69) is 11.6 Å². The summed E-state index contributed by atoms with van der Waals surface area (Å²) in [6.07, 6.45) is 4.41. The molecule has 7 heteroatoms. The third-order valence-corrected chi connectivity index (χ3v) is 7.92. The number of nitrogens with zero attached hydrogens (tertiary/aromatic N) is 2. The van der Waals surface area contributed by atoms with Crippen LogP contribution in [0.5, 0.6) is 5.75 Å². The summed E-state index contributed by atoms with van der Waals surface area (Å²) >= 11 is 0. The van der Waals surface area contributed by atoms with E-state index in [1.165, 1.54) is 0 Å². The van der Waals surface area contributed by atoms with E-state index in [1.54, 1.807) is 13.3 Å². The molecule has 1 aromatic heterocycles. The maximum absolute atomic E-state index is 14.7. The maximum atomic E-state index is 14.7. The highest BCUT2D eigenvalue weighted by Crippen LogP contribution is 2.48. The largest absolute Gasteiger partial charge is 0.497 e. The van der Waals surface area contributed by atoms with Crippen LogP contribution < -0.4 is 4.74 Å². The van der Waals surface area contributed by atoms with E-state index < -0.39 is 23.6 Å². The Hall–Kier alpha value is -2.90. The second kappa shape index (κ2) is 8.71. The van der Waals surface area contributed by atoms with Gasteiger partial charge in [-0.2, -0.15) is 0 Å². The fourth-order valence-electron chi connectivity index (χ4n) is 6.14. The van der Waals surface area contributed by atoms with Gasteiger partial charge in [-0.05, 0) is 41.8 Å². The molecule has 6 rings (SSSR count). The van der Waals surface area contributed by atoms with Crippen LogP contribution >= 0.6 is 0 Å². The van der Waals surface area contributed by atoms with Gasteiger partial charge in [0.15, 0.2) is 11.6 Å². The molecule has 0 saturated carbocycles. The van der Waals surface area contributed by atoms with E-state index in [0.717, 1.165) is 41.9 Å². The molecule has 34 heavy (non-hydrogen) atoms. The van der Waals surface area contributed by atoms with Crippen molar-refractivity contribution in [2.75, 3.05) is 20.2 Å². The third-order valence-electron chi connectivity index (χ3n) is 7.92. The zero-order valence-electron chi connectivity index (χ0n) is 19.1. The number of methoxy groups -OCH3 is 1. The highest BCUT2D eigenvalue weighted by Gasteiger charge is 2.54. The SMILES string of the molecule is C=C[C@H]1C[N+]2(Cc3cc(F)c(F)cc3F)CC[C@H]1C[C@@H]2[C@@H](O)c1ccnc2ccc(OC)cc12. The lowest BCUT2D eigenvalue weighted by molar-refractivity contribution is -0.985. The molecular formula is C27H28F3N2O2+. The lowest BCUT2D eigenvalue weighted by Crippen LogP contribution is -2.67. The summed E-state index contributed by atoms with van der Waals surface area (Å²) in [5.41, 5.74) is 1.61. The van der Waals surface area contributed by atoms with Crippen LogP contribution in [0.4, 0.5) is 13.2 Å². The Labute approximate surface area is 196 Å². The molecule has 3 aromatic rings. The lowest BCUT2D eigenvalue weighted by atomic mass is 9.71. The van der Waals surface area contributed by atoms with E-state index in [-0.39, 0.29) is 24.1 Å². The second-order valence-corrected chi connectivity index (χ2v) is 9.62. The number of aliphatic hydroxyl groups excluding tert-OH is 1. The monoisotopic (exact) mass is 469 g/mol. The van der Waals surface area contributed by atoms with Gasteiger partial charge in [0, 0.05) is 42.0 Å². The highest BCUT2D eigenvalue weighted by molar-refractivity contribution is 5.83. The van der Waals surface area contributed by atoms with Crippen molar-refractivity contribution in [2.24, 2.45) is 11.8 Å². The quantitative estimate of drug-likeness (QED) is 0.302. The van der Waals surface area contributed by atoms with Gasteiger partial charge in [0.25, 0.3) is 0 Å². The van der Waals surface area contributed by atoms with E-state index in [1.807, 2.05) is 30.3 Å².